The Balaban J connectivity index is 1.73. The van der Waals surface area contributed by atoms with Crippen molar-refractivity contribution in [3.8, 4) is 11.1 Å². The van der Waals surface area contributed by atoms with Crippen LogP contribution in [0.3, 0.4) is 0 Å². The molecule has 0 bridgehead atoms. The second-order valence-electron chi connectivity index (χ2n) is 9.43. The molecule has 0 nitrogen and oxygen atoms in total. The van der Waals surface area contributed by atoms with Gasteiger partial charge in [-0.15, -0.1) is 0 Å². The molecule has 0 unspecified atom stereocenters. The van der Waals surface area contributed by atoms with Crippen LogP contribution in [0.5, 0.6) is 0 Å². The molecule has 0 atom stereocenters. The van der Waals surface area contributed by atoms with Crippen molar-refractivity contribution in [2.45, 2.75) is 32.1 Å². The fraction of sp³-hybridized carbons (Fsp3) is 0.152. The van der Waals surface area contributed by atoms with Crippen LogP contribution in [-0.2, 0) is 11.8 Å². The number of hydrogen-bond donors (Lipinski definition) is 0. The quantitative estimate of drug-likeness (QED) is 0.256. The van der Waals surface area contributed by atoms with Crippen molar-refractivity contribution >= 4 is 0 Å². The van der Waals surface area contributed by atoms with Crippen molar-refractivity contribution in [2.75, 3.05) is 0 Å². The van der Waals surface area contributed by atoms with Crippen molar-refractivity contribution < 1.29 is 0 Å². The minimum Gasteiger partial charge on any atom is -0.0804 e. The maximum atomic E-state index is 2.37. The predicted octanol–water partition coefficient (Wildman–Crippen LogP) is 8.10. The third-order valence-corrected chi connectivity index (χ3v) is 7.48. The van der Waals surface area contributed by atoms with Gasteiger partial charge in [0.25, 0.3) is 0 Å². The van der Waals surface area contributed by atoms with Gasteiger partial charge in [0, 0.05) is 0 Å². The minimum absolute atomic E-state index is 0.321. The lowest BCUT2D eigenvalue weighted by Crippen LogP contribution is -2.33. The molecule has 2 aliphatic rings. The molecule has 0 radical (unpaired) electrons. The van der Waals surface area contributed by atoms with Gasteiger partial charge >= 0.3 is 0 Å². The van der Waals surface area contributed by atoms with E-state index in [-0.39, 0.29) is 5.41 Å². The number of allylic oxidation sites excluding steroid dienone is 4. The first kappa shape index (κ1) is 20.0. The first-order chi connectivity index (χ1) is 16.2. The molecule has 4 aromatic carbocycles. The van der Waals surface area contributed by atoms with Crippen LogP contribution in [0.4, 0.5) is 0 Å². The van der Waals surface area contributed by atoms with Gasteiger partial charge in [-0.1, -0.05) is 115 Å². The molecule has 0 aromatic heterocycles. The highest BCUT2D eigenvalue weighted by atomic mass is 14.4. The summed E-state index contributed by atoms with van der Waals surface area (Å²) >= 11 is 0. The summed E-state index contributed by atoms with van der Waals surface area (Å²) in [6.07, 6.45) is 8.84. The van der Waals surface area contributed by atoms with Gasteiger partial charge < -0.3 is 0 Å². The van der Waals surface area contributed by atoms with Crippen molar-refractivity contribution in [2.24, 2.45) is 0 Å². The summed E-state index contributed by atoms with van der Waals surface area (Å²) in [5.41, 5.74) is 13.7. The number of benzene rings is 4. The van der Waals surface area contributed by atoms with E-state index in [2.05, 4.69) is 123 Å². The standard InChI is InChI=1S/C33H28/c1-23-17-19-29-25(21-23)22-31-30(29)20-18-24(2)32(31)33(28-15-9-10-16-28,26-11-5-3-6-12-26)27-13-7-4-8-14-27/h3-15,17-21H,16,22H2,1-2H3. The zero-order valence-electron chi connectivity index (χ0n) is 19.3. The summed E-state index contributed by atoms with van der Waals surface area (Å²) in [5.74, 6) is 0. The summed E-state index contributed by atoms with van der Waals surface area (Å²) < 4.78 is 0. The number of hydrogen-bond acceptors (Lipinski definition) is 0. The van der Waals surface area contributed by atoms with E-state index < -0.39 is 0 Å². The van der Waals surface area contributed by atoms with Crippen LogP contribution >= 0.6 is 0 Å². The molecule has 160 valence electrons. The molecule has 2 aliphatic carbocycles. The Labute approximate surface area is 196 Å². The Morgan fingerprint density at radius 1 is 0.697 bits per heavy atom. The molecule has 0 amide bonds. The van der Waals surface area contributed by atoms with Crippen molar-refractivity contribution in [3.63, 3.8) is 0 Å². The SMILES string of the molecule is Cc1ccc2c(c1)Cc1c-2ccc(C)c1C(C1=CC=CC1)(c1ccccc1)c1ccccc1. The molecule has 0 spiro atoms. The van der Waals surface area contributed by atoms with Gasteiger partial charge in [0.15, 0.2) is 0 Å². The lowest BCUT2D eigenvalue weighted by atomic mass is 9.61. The highest BCUT2D eigenvalue weighted by molar-refractivity contribution is 5.81. The Kier molecular flexibility index (Phi) is 4.69. The number of aryl methyl sites for hydroxylation is 2. The largest absolute Gasteiger partial charge is 0.0804 e. The molecule has 0 N–H and O–H groups in total. The van der Waals surface area contributed by atoms with E-state index in [1.54, 1.807) is 0 Å². The summed E-state index contributed by atoms with van der Waals surface area (Å²) in [6, 6.07) is 33.9. The minimum atomic E-state index is -0.321. The van der Waals surface area contributed by atoms with Crippen molar-refractivity contribution in [1.29, 1.82) is 0 Å². The highest BCUT2D eigenvalue weighted by Gasteiger charge is 2.43. The zero-order chi connectivity index (χ0) is 22.4. The smallest absolute Gasteiger partial charge is 0.0673 e. The summed E-state index contributed by atoms with van der Waals surface area (Å²) in [6.45, 7) is 4.50. The average Bonchev–Trinajstić information content (AvgIpc) is 3.50. The lowest BCUT2D eigenvalue weighted by Gasteiger charge is -2.40. The van der Waals surface area contributed by atoms with E-state index >= 15 is 0 Å². The summed E-state index contributed by atoms with van der Waals surface area (Å²) in [5, 5.41) is 0. The third-order valence-electron chi connectivity index (χ3n) is 7.48. The Hall–Kier alpha value is -3.64. The van der Waals surface area contributed by atoms with Crippen LogP contribution in [-0.4, -0.2) is 0 Å². The van der Waals surface area contributed by atoms with Gasteiger partial charge in [-0.2, -0.15) is 0 Å². The van der Waals surface area contributed by atoms with Crippen molar-refractivity contribution in [1.82, 2.24) is 0 Å². The molecular weight excluding hydrogens is 396 g/mol. The molecule has 33 heavy (non-hydrogen) atoms. The molecule has 0 aliphatic heterocycles. The molecule has 0 saturated carbocycles. The third kappa shape index (κ3) is 2.98. The zero-order valence-corrected chi connectivity index (χ0v) is 19.3. The Bertz CT molecular complexity index is 1360. The first-order valence-electron chi connectivity index (χ1n) is 11.9. The van der Waals surface area contributed by atoms with Gasteiger partial charge in [-0.05, 0) is 76.8 Å². The molecule has 4 aromatic rings. The fourth-order valence-corrected chi connectivity index (χ4v) is 6.13. The molecule has 0 heteroatoms. The average molecular weight is 425 g/mol. The normalized spacial score (nSPS) is 14.2. The van der Waals surface area contributed by atoms with Gasteiger partial charge in [0.05, 0.1) is 5.41 Å². The van der Waals surface area contributed by atoms with E-state index in [9.17, 15) is 0 Å². The maximum absolute atomic E-state index is 2.37. The van der Waals surface area contributed by atoms with Gasteiger partial charge in [0.1, 0.15) is 0 Å². The monoisotopic (exact) mass is 424 g/mol. The topological polar surface area (TPSA) is 0 Å². The van der Waals surface area contributed by atoms with Gasteiger partial charge in [0.2, 0.25) is 0 Å². The van der Waals surface area contributed by atoms with Crippen LogP contribution in [0.25, 0.3) is 11.1 Å². The predicted molar refractivity (Wildman–Crippen MR) is 139 cm³/mol. The fourth-order valence-electron chi connectivity index (χ4n) is 6.13. The van der Waals surface area contributed by atoms with Crippen LogP contribution < -0.4 is 0 Å². The molecule has 0 saturated heterocycles. The van der Waals surface area contributed by atoms with Crippen LogP contribution in [0, 0.1) is 13.8 Å². The van der Waals surface area contributed by atoms with E-state index in [1.807, 2.05) is 0 Å². The Morgan fingerprint density at radius 2 is 1.36 bits per heavy atom. The van der Waals surface area contributed by atoms with E-state index in [1.165, 1.54) is 55.6 Å². The molecular formula is C33H28. The van der Waals surface area contributed by atoms with Crippen LogP contribution in [0.15, 0.2) is 115 Å². The second kappa shape index (κ2) is 7.74. The molecule has 6 rings (SSSR count). The lowest BCUT2D eigenvalue weighted by molar-refractivity contribution is 0.698. The summed E-state index contributed by atoms with van der Waals surface area (Å²) in [4.78, 5) is 0. The van der Waals surface area contributed by atoms with Gasteiger partial charge in [-0.25, -0.2) is 0 Å². The van der Waals surface area contributed by atoms with Crippen molar-refractivity contribution in [3.05, 3.63) is 154 Å². The maximum Gasteiger partial charge on any atom is 0.0673 e. The number of fused-ring (bicyclic) bond motifs is 3. The van der Waals surface area contributed by atoms with Gasteiger partial charge in [-0.3, -0.25) is 0 Å². The summed E-state index contributed by atoms with van der Waals surface area (Å²) in [7, 11) is 0. The van der Waals surface area contributed by atoms with E-state index in [0.717, 1.165) is 12.8 Å². The molecule has 0 heterocycles. The van der Waals surface area contributed by atoms with E-state index in [0.29, 0.717) is 0 Å². The number of rotatable bonds is 4. The first-order valence-corrected chi connectivity index (χ1v) is 11.9. The molecule has 0 fully saturated rings. The van der Waals surface area contributed by atoms with E-state index in [4.69, 9.17) is 0 Å². The highest BCUT2D eigenvalue weighted by Crippen LogP contribution is 2.53. The van der Waals surface area contributed by atoms with Crippen LogP contribution in [0.2, 0.25) is 0 Å². The van der Waals surface area contributed by atoms with Crippen LogP contribution in [0.1, 0.15) is 45.4 Å². The Morgan fingerprint density at radius 3 is 2.00 bits per heavy atom. The second-order valence-corrected chi connectivity index (χ2v) is 9.43.